The highest BCUT2D eigenvalue weighted by molar-refractivity contribution is 5.76. The van der Waals surface area contributed by atoms with Crippen LogP contribution >= 0.6 is 0 Å². The van der Waals surface area contributed by atoms with E-state index in [9.17, 15) is 4.79 Å². The molecule has 0 aromatic carbocycles. The Kier molecular flexibility index (Phi) is 6.54. The minimum atomic E-state index is -0.395. The molecule has 0 aromatic rings. The molecule has 0 saturated heterocycles. The lowest BCUT2D eigenvalue weighted by atomic mass is 10.0. The lowest BCUT2D eigenvalue weighted by Gasteiger charge is -2.17. The largest absolute Gasteiger partial charge is 0.356 e. The number of hydrogen-bond acceptors (Lipinski definition) is 2. The van der Waals surface area contributed by atoms with Gasteiger partial charge in [0.1, 0.15) is 0 Å². The fraction of sp³-hybridized carbons (Fsp3) is 0.909. The summed E-state index contributed by atoms with van der Waals surface area (Å²) in [5.41, 5.74) is 5.33. The summed E-state index contributed by atoms with van der Waals surface area (Å²) in [6, 6.07) is 0. The Morgan fingerprint density at radius 1 is 1.29 bits per heavy atom. The Balaban J connectivity index is 3.36. The minimum Gasteiger partial charge on any atom is -0.356 e. The van der Waals surface area contributed by atoms with Crippen LogP contribution in [0.2, 0.25) is 0 Å². The van der Waals surface area contributed by atoms with E-state index >= 15 is 0 Å². The summed E-state index contributed by atoms with van der Waals surface area (Å²) in [5.74, 6) is 0.0639. The van der Waals surface area contributed by atoms with Crippen molar-refractivity contribution in [2.75, 3.05) is 6.54 Å². The van der Waals surface area contributed by atoms with Crippen LogP contribution in [0.15, 0.2) is 0 Å². The summed E-state index contributed by atoms with van der Waals surface area (Å²) in [5, 5.41) is 2.88. The van der Waals surface area contributed by atoms with E-state index in [1.165, 1.54) is 19.3 Å². The molecule has 0 atom stereocenters. The predicted molar refractivity (Wildman–Crippen MR) is 60.0 cm³/mol. The van der Waals surface area contributed by atoms with Gasteiger partial charge in [-0.1, -0.05) is 26.2 Å². The minimum absolute atomic E-state index is 0.0639. The highest BCUT2D eigenvalue weighted by Gasteiger charge is 2.15. The van der Waals surface area contributed by atoms with Crippen molar-refractivity contribution in [1.82, 2.24) is 5.32 Å². The number of nitrogens with one attached hydrogen (secondary N) is 1. The molecule has 0 aliphatic heterocycles. The van der Waals surface area contributed by atoms with Crippen molar-refractivity contribution in [3.8, 4) is 0 Å². The van der Waals surface area contributed by atoms with Gasteiger partial charge in [0.25, 0.3) is 0 Å². The summed E-state index contributed by atoms with van der Waals surface area (Å²) >= 11 is 0. The van der Waals surface area contributed by atoms with Crippen LogP contribution in [0, 0.1) is 0 Å². The Bertz CT molecular complexity index is 161. The van der Waals surface area contributed by atoms with E-state index in [0.29, 0.717) is 6.42 Å². The van der Waals surface area contributed by atoms with Crippen LogP contribution < -0.4 is 11.1 Å². The Labute approximate surface area is 87.4 Å². The van der Waals surface area contributed by atoms with Crippen LogP contribution in [0.1, 0.15) is 52.9 Å². The van der Waals surface area contributed by atoms with Gasteiger partial charge in [-0.05, 0) is 20.3 Å². The van der Waals surface area contributed by atoms with Crippen molar-refractivity contribution in [3.63, 3.8) is 0 Å². The highest BCUT2D eigenvalue weighted by Crippen LogP contribution is 2.03. The number of carbonyl (C=O) groups is 1. The van der Waals surface area contributed by atoms with Gasteiger partial charge < -0.3 is 11.1 Å². The molecule has 0 spiro atoms. The van der Waals surface area contributed by atoms with E-state index in [1.54, 1.807) is 0 Å². The fourth-order valence-corrected chi connectivity index (χ4v) is 1.26. The van der Waals surface area contributed by atoms with Gasteiger partial charge in [-0.2, -0.15) is 0 Å². The molecule has 84 valence electrons. The number of amides is 1. The van der Waals surface area contributed by atoms with Crippen molar-refractivity contribution in [2.24, 2.45) is 5.73 Å². The average molecular weight is 200 g/mol. The van der Waals surface area contributed by atoms with Crippen LogP contribution in [0.3, 0.4) is 0 Å². The van der Waals surface area contributed by atoms with Gasteiger partial charge in [0.05, 0.1) is 0 Å². The fourth-order valence-electron chi connectivity index (χ4n) is 1.26. The van der Waals surface area contributed by atoms with Gasteiger partial charge in [0, 0.05) is 18.5 Å². The first-order valence-corrected chi connectivity index (χ1v) is 5.51. The standard InChI is InChI=1S/C11H24N2O/c1-4-5-6-7-8-13-10(14)9-11(2,3)12/h4-9,12H2,1-3H3,(H,13,14). The SMILES string of the molecule is CCCCCCNC(=O)CC(C)(C)N. The topological polar surface area (TPSA) is 55.1 Å². The third kappa shape index (κ3) is 9.52. The molecule has 0 saturated carbocycles. The van der Waals surface area contributed by atoms with E-state index in [4.69, 9.17) is 5.73 Å². The first-order valence-electron chi connectivity index (χ1n) is 5.51. The van der Waals surface area contributed by atoms with Crippen molar-refractivity contribution >= 4 is 5.91 Å². The third-order valence-corrected chi connectivity index (χ3v) is 1.97. The van der Waals surface area contributed by atoms with Crippen molar-refractivity contribution in [1.29, 1.82) is 0 Å². The average Bonchev–Trinajstić information content (AvgIpc) is 2.00. The second kappa shape index (κ2) is 6.82. The first-order chi connectivity index (χ1) is 6.45. The maximum Gasteiger partial charge on any atom is 0.221 e. The van der Waals surface area contributed by atoms with E-state index in [-0.39, 0.29) is 5.91 Å². The van der Waals surface area contributed by atoms with Gasteiger partial charge in [0.15, 0.2) is 0 Å². The molecule has 0 aliphatic rings. The van der Waals surface area contributed by atoms with E-state index in [1.807, 2.05) is 13.8 Å². The number of nitrogens with two attached hydrogens (primary N) is 1. The molecule has 0 rings (SSSR count). The summed E-state index contributed by atoms with van der Waals surface area (Å²) in [6.07, 6.45) is 5.15. The number of rotatable bonds is 7. The number of unbranched alkanes of at least 4 members (excludes halogenated alkanes) is 3. The van der Waals surface area contributed by atoms with E-state index in [0.717, 1.165) is 13.0 Å². The number of hydrogen-bond donors (Lipinski definition) is 2. The van der Waals surface area contributed by atoms with Crippen molar-refractivity contribution < 1.29 is 4.79 Å². The molecule has 0 heterocycles. The molecule has 0 unspecified atom stereocenters. The zero-order valence-corrected chi connectivity index (χ0v) is 9.73. The lowest BCUT2D eigenvalue weighted by Crippen LogP contribution is -2.39. The summed E-state index contributed by atoms with van der Waals surface area (Å²) < 4.78 is 0. The van der Waals surface area contributed by atoms with E-state index in [2.05, 4.69) is 12.2 Å². The summed E-state index contributed by atoms with van der Waals surface area (Å²) in [6.45, 7) is 6.69. The molecule has 3 N–H and O–H groups in total. The van der Waals surface area contributed by atoms with Gasteiger partial charge in [-0.25, -0.2) is 0 Å². The second-order valence-electron chi connectivity index (χ2n) is 4.58. The molecular formula is C11H24N2O. The summed E-state index contributed by atoms with van der Waals surface area (Å²) in [4.78, 5) is 11.3. The van der Waals surface area contributed by atoms with Crippen LogP contribution in [-0.4, -0.2) is 18.0 Å². The molecule has 0 aromatic heterocycles. The predicted octanol–water partition coefficient (Wildman–Crippen LogP) is 1.81. The first kappa shape index (κ1) is 13.4. The van der Waals surface area contributed by atoms with Crippen LogP contribution in [0.5, 0.6) is 0 Å². The Morgan fingerprint density at radius 2 is 1.93 bits per heavy atom. The quantitative estimate of drug-likeness (QED) is 0.616. The molecule has 3 heteroatoms. The molecular weight excluding hydrogens is 176 g/mol. The van der Waals surface area contributed by atoms with Crippen LogP contribution in [0.4, 0.5) is 0 Å². The van der Waals surface area contributed by atoms with Crippen molar-refractivity contribution in [2.45, 2.75) is 58.4 Å². The Hall–Kier alpha value is -0.570. The van der Waals surface area contributed by atoms with Crippen LogP contribution in [0.25, 0.3) is 0 Å². The smallest absolute Gasteiger partial charge is 0.221 e. The highest BCUT2D eigenvalue weighted by atomic mass is 16.1. The second-order valence-corrected chi connectivity index (χ2v) is 4.58. The van der Waals surface area contributed by atoms with Crippen molar-refractivity contribution in [3.05, 3.63) is 0 Å². The molecule has 0 fully saturated rings. The number of carbonyl (C=O) groups excluding carboxylic acids is 1. The molecule has 14 heavy (non-hydrogen) atoms. The normalized spacial score (nSPS) is 11.4. The molecule has 3 nitrogen and oxygen atoms in total. The maximum absolute atomic E-state index is 11.3. The zero-order chi connectivity index (χ0) is 11.0. The zero-order valence-electron chi connectivity index (χ0n) is 9.73. The molecule has 0 bridgehead atoms. The lowest BCUT2D eigenvalue weighted by molar-refractivity contribution is -0.122. The van der Waals surface area contributed by atoms with Gasteiger partial charge in [-0.15, -0.1) is 0 Å². The molecule has 0 aliphatic carbocycles. The van der Waals surface area contributed by atoms with E-state index < -0.39 is 5.54 Å². The monoisotopic (exact) mass is 200 g/mol. The molecule has 1 amide bonds. The van der Waals surface area contributed by atoms with Gasteiger partial charge >= 0.3 is 0 Å². The third-order valence-electron chi connectivity index (χ3n) is 1.97. The van der Waals surface area contributed by atoms with Gasteiger partial charge in [-0.3, -0.25) is 4.79 Å². The summed E-state index contributed by atoms with van der Waals surface area (Å²) in [7, 11) is 0. The van der Waals surface area contributed by atoms with Gasteiger partial charge in [0.2, 0.25) is 5.91 Å². The Morgan fingerprint density at radius 3 is 2.43 bits per heavy atom. The molecule has 0 radical (unpaired) electrons. The van der Waals surface area contributed by atoms with Crippen LogP contribution in [-0.2, 0) is 4.79 Å². The maximum atomic E-state index is 11.3.